The van der Waals surface area contributed by atoms with Crippen LogP contribution in [-0.2, 0) is 5.41 Å². The van der Waals surface area contributed by atoms with Gasteiger partial charge in [0.05, 0.1) is 0 Å². The third-order valence-corrected chi connectivity index (χ3v) is 14.1. The van der Waals surface area contributed by atoms with E-state index in [2.05, 4.69) is 178 Å². The van der Waals surface area contributed by atoms with Crippen molar-refractivity contribution >= 4 is 43.5 Å². The molecule has 0 fully saturated rings. The molecule has 0 aliphatic heterocycles. The number of para-hydroxylation sites is 1. The third kappa shape index (κ3) is 4.49. The maximum Gasteiger partial charge on any atom is 0.136 e. The molecular formula is C55H48O. The highest BCUT2D eigenvalue weighted by Crippen LogP contribution is 2.54. The second-order valence-corrected chi connectivity index (χ2v) is 17.0. The number of aryl methyl sites for hydroxylation is 4. The van der Waals surface area contributed by atoms with Crippen molar-refractivity contribution in [3.05, 3.63) is 165 Å². The highest BCUT2D eigenvalue weighted by Gasteiger charge is 2.36. The van der Waals surface area contributed by atoms with Crippen molar-refractivity contribution in [2.24, 2.45) is 0 Å². The van der Waals surface area contributed by atoms with Gasteiger partial charge in [-0.3, -0.25) is 0 Å². The average molecular weight is 725 g/mol. The summed E-state index contributed by atoms with van der Waals surface area (Å²) < 4.78 is 6.53. The van der Waals surface area contributed by atoms with Gasteiger partial charge in [0.1, 0.15) is 11.2 Å². The van der Waals surface area contributed by atoms with E-state index >= 15 is 0 Å². The molecule has 1 heterocycles. The van der Waals surface area contributed by atoms with Gasteiger partial charge in [0.25, 0.3) is 0 Å². The van der Waals surface area contributed by atoms with Crippen LogP contribution < -0.4 is 0 Å². The van der Waals surface area contributed by atoms with Gasteiger partial charge in [0.2, 0.25) is 0 Å². The van der Waals surface area contributed by atoms with E-state index in [0.29, 0.717) is 0 Å². The highest BCUT2D eigenvalue weighted by molar-refractivity contribution is 6.28. The fourth-order valence-electron chi connectivity index (χ4n) is 10.5. The SMILES string of the molecule is Cc1c(C)c(C)c2c(-c3cccc4oc5ccccc5c34)c3c(C)c(C)c(C)c(C)c3c(-c3ccc(-c4cccc5c4-c4ccccc4C5(C)C)cc3)c2c1C. The molecule has 0 unspecified atom stereocenters. The van der Waals surface area contributed by atoms with Crippen molar-refractivity contribution in [2.75, 3.05) is 0 Å². The molecule has 1 aliphatic carbocycles. The standard InChI is InChI=1S/C55H48O/c1-29-31(3)35(7)49-47(33(29)5)51(38-27-25-37(26-28-38)39-19-15-22-44-52(39)40-17-11-13-21-43(40)55(44,9)10)48-34(6)30(2)32(4)36(8)50(48)54(49)42-20-16-24-46-53(42)41-18-12-14-23-45(41)56-46/h11-28H,1-10H3. The second kappa shape index (κ2) is 12.0. The van der Waals surface area contributed by atoms with Crippen LogP contribution in [0.3, 0.4) is 0 Å². The Labute approximate surface area is 330 Å². The van der Waals surface area contributed by atoms with Gasteiger partial charge >= 0.3 is 0 Å². The summed E-state index contributed by atoms with van der Waals surface area (Å²) in [5.41, 5.74) is 25.9. The lowest BCUT2D eigenvalue weighted by molar-refractivity contribution is 0.660. The van der Waals surface area contributed by atoms with Gasteiger partial charge in [-0.2, -0.15) is 0 Å². The topological polar surface area (TPSA) is 13.1 Å². The highest BCUT2D eigenvalue weighted by atomic mass is 16.3. The first-order valence-electron chi connectivity index (χ1n) is 20.1. The molecule has 1 aromatic heterocycles. The molecule has 0 radical (unpaired) electrons. The van der Waals surface area contributed by atoms with Crippen molar-refractivity contribution in [1.82, 2.24) is 0 Å². The second-order valence-electron chi connectivity index (χ2n) is 17.0. The van der Waals surface area contributed by atoms with Crippen LogP contribution in [0.5, 0.6) is 0 Å². The normalized spacial score (nSPS) is 13.3. The number of rotatable bonds is 3. The minimum atomic E-state index is -0.0364. The van der Waals surface area contributed by atoms with Crippen LogP contribution in [0.2, 0.25) is 0 Å². The van der Waals surface area contributed by atoms with E-state index in [1.165, 1.54) is 127 Å². The van der Waals surface area contributed by atoms with Gasteiger partial charge in [0, 0.05) is 16.2 Å². The molecule has 0 atom stereocenters. The quantitative estimate of drug-likeness (QED) is 0.165. The molecule has 0 amide bonds. The number of benzene rings is 8. The molecule has 8 aromatic carbocycles. The fraction of sp³-hybridized carbons (Fsp3) is 0.200. The lowest BCUT2D eigenvalue weighted by Gasteiger charge is -2.27. The van der Waals surface area contributed by atoms with Crippen LogP contribution >= 0.6 is 0 Å². The Balaban J connectivity index is 1.33. The fourth-order valence-corrected chi connectivity index (χ4v) is 10.5. The van der Waals surface area contributed by atoms with E-state index in [1.54, 1.807) is 0 Å². The molecule has 0 N–H and O–H groups in total. The van der Waals surface area contributed by atoms with Crippen molar-refractivity contribution in [3.63, 3.8) is 0 Å². The summed E-state index contributed by atoms with van der Waals surface area (Å²) in [5.74, 6) is 0. The molecule has 1 aliphatic rings. The van der Waals surface area contributed by atoms with Crippen LogP contribution in [0.1, 0.15) is 69.5 Å². The van der Waals surface area contributed by atoms with E-state index in [0.717, 1.165) is 16.6 Å². The summed E-state index contributed by atoms with van der Waals surface area (Å²) in [7, 11) is 0. The van der Waals surface area contributed by atoms with E-state index in [-0.39, 0.29) is 5.41 Å². The number of hydrogen-bond donors (Lipinski definition) is 0. The summed E-state index contributed by atoms with van der Waals surface area (Å²) in [5, 5.41) is 7.75. The van der Waals surface area contributed by atoms with E-state index in [1.807, 2.05) is 0 Å². The van der Waals surface area contributed by atoms with Gasteiger partial charge in [-0.05, 0) is 189 Å². The summed E-state index contributed by atoms with van der Waals surface area (Å²) in [6.45, 7) is 23.4. The Morgan fingerprint density at radius 1 is 0.339 bits per heavy atom. The zero-order valence-electron chi connectivity index (χ0n) is 34.3. The summed E-state index contributed by atoms with van der Waals surface area (Å²) in [4.78, 5) is 0. The average Bonchev–Trinajstić information content (AvgIpc) is 3.72. The summed E-state index contributed by atoms with van der Waals surface area (Å²) in [6.07, 6.45) is 0. The number of furan rings is 1. The molecular weight excluding hydrogens is 677 g/mol. The van der Waals surface area contributed by atoms with Crippen molar-refractivity contribution < 1.29 is 4.42 Å². The Bertz CT molecular complexity index is 3080. The first-order valence-corrected chi connectivity index (χ1v) is 20.1. The maximum atomic E-state index is 6.53. The van der Waals surface area contributed by atoms with Crippen molar-refractivity contribution in [1.29, 1.82) is 0 Å². The molecule has 0 spiro atoms. The molecule has 274 valence electrons. The summed E-state index contributed by atoms with van der Waals surface area (Å²) >= 11 is 0. The Morgan fingerprint density at radius 2 is 0.804 bits per heavy atom. The summed E-state index contributed by atoms with van der Waals surface area (Å²) in [6, 6.07) is 40.5. The van der Waals surface area contributed by atoms with Gasteiger partial charge in [0.15, 0.2) is 0 Å². The van der Waals surface area contributed by atoms with Crippen LogP contribution in [0, 0.1) is 55.4 Å². The van der Waals surface area contributed by atoms with Crippen LogP contribution in [0.15, 0.2) is 114 Å². The van der Waals surface area contributed by atoms with E-state index in [9.17, 15) is 0 Å². The van der Waals surface area contributed by atoms with Crippen LogP contribution in [-0.4, -0.2) is 0 Å². The Hall–Kier alpha value is -5.92. The molecule has 10 rings (SSSR count). The van der Waals surface area contributed by atoms with Crippen molar-refractivity contribution in [3.8, 4) is 44.5 Å². The molecule has 0 saturated heterocycles. The zero-order chi connectivity index (χ0) is 38.9. The molecule has 0 bridgehead atoms. The predicted molar refractivity (Wildman–Crippen MR) is 240 cm³/mol. The monoisotopic (exact) mass is 724 g/mol. The first-order chi connectivity index (χ1) is 26.9. The van der Waals surface area contributed by atoms with E-state index < -0.39 is 0 Å². The molecule has 1 nitrogen and oxygen atoms in total. The van der Waals surface area contributed by atoms with Crippen LogP contribution in [0.25, 0.3) is 88.0 Å². The maximum absolute atomic E-state index is 6.53. The Kier molecular flexibility index (Phi) is 7.43. The third-order valence-electron chi connectivity index (χ3n) is 14.1. The van der Waals surface area contributed by atoms with Gasteiger partial charge in [-0.25, -0.2) is 0 Å². The minimum Gasteiger partial charge on any atom is -0.456 e. The molecule has 56 heavy (non-hydrogen) atoms. The van der Waals surface area contributed by atoms with Gasteiger partial charge in [-0.1, -0.05) is 111 Å². The van der Waals surface area contributed by atoms with E-state index in [4.69, 9.17) is 4.42 Å². The Morgan fingerprint density at radius 3 is 1.45 bits per heavy atom. The van der Waals surface area contributed by atoms with Crippen LogP contribution in [0.4, 0.5) is 0 Å². The lowest BCUT2D eigenvalue weighted by Crippen LogP contribution is -2.14. The largest absolute Gasteiger partial charge is 0.456 e. The molecule has 0 saturated carbocycles. The number of fused-ring (bicyclic) bond motifs is 8. The predicted octanol–water partition coefficient (Wildman–Crippen LogP) is 15.7. The van der Waals surface area contributed by atoms with Crippen molar-refractivity contribution in [2.45, 2.75) is 74.7 Å². The zero-order valence-corrected chi connectivity index (χ0v) is 34.3. The van der Waals surface area contributed by atoms with Gasteiger partial charge < -0.3 is 4.42 Å². The minimum absolute atomic E-state index is 0.0364. The molecule has 9 aromatic rings. The molecule has 1 heteroatoms. The smallest absolute Gasteiger partial charge is 0.136 e. The number of hydrogen-bond acceptors (Lipinski definition) is 1. The van der Waals surface area contributed by atoms with Gasteiger partial charge in [-0.15, -0.1) is 0 Å². The lowest BCUT2D eigenvalue weighted by atomic mass is 9.76. The first kappa shape index (κ1) is 34.6.